The number of nitrogens with zero attached hydrogens (tertiary/aromatic N) is 1. The van der Waals surface area contributed by atoms with Crippen molar-refractivity contribution in [1.82, 2.24) is 5.32 Å². The van der Waals surface area contributed by atoms with E-state index in [9.17, 15) is 20.0 Å². The molecule has 6 nitrogen and oxygen atoms in total. The van der Waals surface area contributed by atoms with Gasteiger partial charge < -0.3 is 10.4 Å². The van der Waals surface area contributed by atoms with Crippen LogP contribution in [-0.4, -0.2) is 29.1 Å². The summed E-state index contributed by atoms with van der Waals surface area (Å²) in [5.74, 6) is 0.236. The number of aliphatic hydroxyl groups excluding tert-OH is 1. The molecule has 1 fully saturated rings. The monoisotopic (exact) mass is 278 g/mol. The molecule has 0 bridgehead atoms. The van der Waals surface area contributed by atoms with Gasteiger partial charge in [0.2, 0.25) is 0 Å². The van der Waals surface area contributed by atoms with Gasteiger partial charge in [-0.2, -0.15) is 0 Å². The van der Waals surface area contributed by atoms with E-state index in [1.807, 2.05) is 0 Å². The number of amides is 1. The molecule has 0 radical (unpaired) electrons. The SMILES string of the molecule is O=C(NCC1CCCC1CO)c1cccc([N+](=O)[O-])c1. The van der Waals surface area contributed by atoms with Crippen LogP contribution in [0.15, 0.2) is 24.3 Å². The molecule has 1 aliphatic rings. The highest BCUT2D eigenvalue weighted by atomic mass is 16.6. The summed E-state index contributed by atoms with van der Waals surface area (Å²) in [5.41, 5.74) is 0.199. The molecule has 2 N–H and O–H groups in total. The number of non-ortho nitro benzene ring substituents is 1. The van der Waals surface area contributed by atoms with Crippen molar-refractivity contribution < 1.29 is 14.8 Å². The van der Waals surface area contributed by atoms with E-state index in [1.54, 1.807) is 6.07 Å². The molecule has 1 aliphatic carbocycles. The molecular weight excluding hydrogens is 260 g/mol. The Morgan fingerprint density at radius 2 is 2.15 bits per heavy atom. The van der Waals surface area contributed by atoms with Crippen molar-refractivity contribution in [3.05, 3.63) is 39.9 Å². The third-order valence-electron chi connectivity index (χ3n) is 3.89. The van der Waals surface area contributed by atoms with Gasteiger partial charge in [0.05, 0.1) is 4.92 Å². The second-order valence-corrected chi connectivity index (χ2v) is 5.15. The predicted molar refractivity (Wildman–Crippen MR) is 73.3 cm³/mol. The first-order valence-corrected chi connectivity index (χ1v) is 6.75. The van der Waals surface area contributed by atoms with Crippen molar-refractivity contribution in [2.75, 3.05) is 13.2 Å². The Kier molecular flexibility index (Phi) is 4.68. The van der Waals surface area contributed by atoms with Crippen LogP contribution in [0, 0.1) is 22.0 Å². The molecule has 0 spiro atoms. The fraction of sp³-hybridized carbons (Fsp3) is 0.500. The third kappa shape index (κ3) is 3.33. The Bertz CT molecular complexity index is 504. The largest absolute Gasteiger partial charge is 0.396 e. The van der Waals surface area contributed by atoms with E-state index in [0.29, 0.717) is 12.5 Å². The number of nitrogens with one attached hydrogen (secondary N) is 1. The van der Waals surface area contributed by atoms with E-state index in [1.165, 1.54) is 18.2 Å². The molecule has 0 saturated heterocycles. The van der Waals surface area contributed by atoms with Crippen LogP contribution in [0.3, 0.4) is 0 Å². The summed E-state index contributed by atoms with van der Waals surface area (Å²) in [6, 6.07) is 5.68. The number of carbonyl (C=O) groups is 1. The van der Waals surface area contributed by atoms with Gasteiger partial charge in [0, 0.05) is 30.8 Å². The van der Waals surface area contributed by atoms with Crippen LogP contribution >= 0.6 is 0 Å². The topological polar surface area (TPSA) is 92.5 Å². The Balaban J connectivity index is 1.95. The number of benzene rings is 1. The minimum absolute atomic E-state index is 0.0910. The summed E-state index contributed by atoms with van der Waals surface area (Å²) < 4.78 is 0. The molecule has 20 heavy (non-hydrogen) atoms. The maximum absolute atomic E-state index is 12.0. The number of aliphatic hydroxyl groups is 1. The minimum Gasteiger partial charge on any atom is -0.396 e. The van der Waals surface area contributed by atoms with Crippen LogP contribution < -0.4 is 5.32 Å². The first-order valence-electron chi connectivity index (χ1n) is 6.75. The summed E-state index contributed by atoms with van der Waals surface area (Å²) in [6.45, 7) is 0.657. The van der Waals surface area contributed by atoms with Gasteiger partial charge in [-0.05, 0) is 30.7 Å². The predicted octanol–water partition coefficient (Wildman–Crippen LogP) is 1.73. The van der Waals surface area contributed by atoms with Crippen LogP contribution in [0.25, 0.3) is 0 Å². The molecule has 0 aromatic heterocycles. The highest BCUT2D eigenvalue weighted by molar-refractivity contribution is 5.94. The van der Waals surface area contributed by atoms with Crippen molar-refractivity contribution in [3.8, 4) is 0 Å². The van der Waals surface area contributed by atoms with E-state index >= 15 is 0 Å². The summed E-state index contributed by atoms with van der Waals surface area (Å²) in [7, 11) is 0. The molecular formula is C14H18N2O4. The highest BCUT2D eigenvalue weighted by Gasteiger charge is 2.26. The van der Waals surface area contributed by atoms with E-state index < -0.39 is 4.92 Å². The molecule has 0 heterocycles. The number of nitro groups is 1. The van der Waals surface area contributed by atoms with Gasteiger partial charge in [-0.1, -0.05) is 12.5 Å². The first kappa shape index (κ1) is 14.5. The minimum atomic E-state index is -0.518. The Labute approximate surface area is 117 Å². The normalized spacial score (nSPS) is 21.6. The number of nitro benzene ring substituents is 1. The molecule has 2 rings (SSSR count). The van der Waals surface area contributed by atoms with Crippen LogP contribution in [0.2, 0.25) is 0 Å². The van der Waals surface area contributed by atoms with Crippen molar-refractivity contribution >= 4 is 11.6 Å². The second-order valence-electron chi connectivity index (χ2n) is 5.15. The van der Waals surface area contributed by atoms with Gasteiger partial charge in [0.1, 0.15) is 0 Å². The van der Waals surface area contributed by atoms with Crippen LogP contribution in [0.5, 0.6) is 0 Å². The summed E-state index contributed by atoms with van der Waals surface area (Å²) in [6.07, 6.45) is 3.07. The molecule has 108 valence electrons. The van der Waals surface area contributed by atoms with E-state index in [2.05, 4.69) is 5.32 Å². The third-order valence-corrected chi connectivity index (χ3v) is 3.89. The maximum Gasteiger partial charge on any atom is 0.270 e. The van der Waals surface area contributed by atoms with Gasteiger partial charge in [0.15, 0.2) is 0 Å². The summed E-state index contributed by atoms with van der Waals surface area (Å²) in [4.78, 5) is 22.1. The fourth-order valence-corrected chi connectivity index (χ4v) is 2.71. The van der Waals surface area contributed by atoms with Crippen molar-refractivity contribution in [1.29, 1.82) is 0 Å². The van der Waals surface area contributed by atoms with Gasteiger partial charge in [-0.25, -0.2) is 0 Å². The molecule has 1 aromatic rings. The first-order chi connectivity index (χ1) is 9.61. The van der Waals surface area contributed by atoms with E-state index in [0.717, 1.165) is 19.3 Å². The molecule has 1 amide bonds. The lowest BCUT2D eigenvalue weighted by molar-refractivity contribution is -0.384. The Morgan fingerprint density at radius 3 is 2.85 bits per heavy atom. The summed E-state index contributed by atoms with van der Waals surface area (Å²) in [5, 5.41) is 22.7. The second kappa shape index (κ2) is 6.47. The summed E-state index contributed by atoms with van der Waals surface area (Å²) >= 11 is 0. The fourth-order valence-electron chi connectivity index (χ4n) is 2.71. The van der Waals surface area contributed by atoms with Crippen molar-refractivity contribution in [3.63, 3.8) is 0 Å². The number of rotatable bonds is 5. The van der Waals surface area contributed by atoms with Gasteiger partial charge in [-0.15, -0.1) is 0 Å². The van der Waals surface area contributed by atoms with Crippen LogP contribution in [-0.2, 0) is 0 Å². The molecule has 2 unspecified atom stereocenters. The molecule has 1 saturated carbocycles. The van der Waals surface area contributed by atoms with Crippen LogP contribution in [0.4, 0.5) is 5.69 Å². The number of hydrogen-bond donors (Lipinski definition) is 2. The highest BCUT2D eigenvalue weighted by Crippen LogP contribution is 2.30. The van der Waals surface area contributed by atoms with Gasteiger partial charge in [0.25, 0.3) is 11.6 Å². The van der Waals surface area contributed by atoms with Gasteiger partial charge in [-0.3, -0.25) is 14.9 Å². The average molecular weight is 278 g/mol. The number of carbonyl (C=O) groups excluding carboxylic acids is 1. The molecule has 1 aromatic carbocycles. The zero-order valence-corrected chi connectivity index (χ0v) is 11.1. The lowest BCUT2D eigenvalue weighted by Crippen LogP contribution is -2.31. The maximum atomic E-state index is 12.0. The van der Waals surface area contributed by atoms with Crippen molar-refractivity contribution in [2.24, 2.45) is 11.8 Å². The van der Waals surface area contributed by atoms with E-state index in [-0.39, 0.29) is 29.7 Å². The lowest BCUT2D eigenvalue weighted by atomic mass is 9.97. The number of hydrogen-bond acceptors (Lipinski definition) is 4. The standard InChI is InChI=1S/C14H18N2O4/c17-9-12-5-1-4-11(12)8-15-14(18)10-3-2-6-13(7-10)16(19)20/h2-3,6-7,11-12,17H,1,4-5,8-9H2,(H,15,18). The van der Waals surface area contributed by atoms with Crippen LogP contribution in [0.1, 0.15) is 29.6 Å². The molecule has 2 atom stereocenters. The molecule has 0 aliphatic heterocycles. The molecule has 6 heteroatoms. The lowest BCUT2D eigenvalue weighted by Gasteiger charge is -2.17. The van der Waals surface area contributed by atoms with Gasteiger partial charge >= 0.3 is 0 Å². The zero-order chi connectivity index (χ0) is 14.5. The Morgan fingerprint density at radius 1 is 1.40 bits per heavy atom. The smallest absolute Gasteiger partial charge is 0.270 e. The average Bonchev–Trinajstić information content (AvgIpc) is 2.92. The quantitative estimate of drug-likeness (QED) is 0.633. The Hall–Kier alpha value is -1.95. The van der Waals surface area contributed by atoms with E-state index in [4.69, 9.17) is 0 Å². The zero-order valence-electron chi connectivity index (χ0n) is 11.1. The van der Waals surface area contributed by atoms with Crippen molar-refractivity contribution in [2.45, 2.75) is 19.3 Å².